The molecule has 7 nitrogen and oxygen atoms in total. The molecule has 0 aliphatic rings. The van der Waals surface area contributed by atoms with E-state index in [9.17, 15) is 14.4 Å². The summed E-state index contributed by atoms with van der Waals surface area (Å²) < 4.78 is 0. The van der Waals surface area contributed by atoms with Gasteiger partial charge in [-0.1, -0.05) is 0 Å². The number of rotatable bonds is 5. The molecule has 0 amide bonds. The normalized spacial score (nSPS) is 17.2. The Morgan fingerprint density at radius 1 is 1.08 bits per heavy atom. The van der Waals surface area contributed by atoms with Crippen LogP contribution in [0.25, 0.3) is 0 Å². The molecule has 0 heterocycles. The summed E-state index contributed by atoms with van der Waals surface area (Å²) in [6, 6.07) is 0. The van der Waals surface area contributed by atoms with E-state index in [-0.39, 0.29) is 6.29 Å². The Kier molecular flexibility index (Phi) is 4.18. The number of hydrogen-bond donors (Lipinski definition) is 4. The predicted octanol–water partition coefficient (Wildman–Crippen LogP) is -3.08. The van der Waals surface area contributed by atoms with Gasteiger partial charge in [0.25, 0.3) is 0 Å². The largest absolute Gasteiger partial charge is 0.479 e. The summed E-state index contributed by atoms with van der Waals surface area (Å²) in [5.74, 6) is -3.20. The molecule has 0 saturated heterocycles. The first-order valence-electron chi connectivity index (χ1n) is 3.17. The maximum Gasteiger partial charge on any atom is 0.335 e. The average Bonchev–Trinajstić information content (AvgIpc) is 2.12. The molecule has 0 rings (SSSR count). The van der Waals surface area contributed by atoms with E-state index in [1.54, 1.807) is 0 Å². The highest BCUT2D eigenvalue weighted by Gasteiger charge is 2.33. The van der Waals surface area contributed by atoms with Crippen molar-refractivity contribution in [2.45, 2.75) is 18.3 Å². The predicted molar refractivity (Wildman–Crippen MR) is 36.7 cm³/mol. The van der Waals surface area contributed by atoms with Crippen LogP contribution in [0.2, 0.25) is 0 Å². The van der Waals surface area contributed by atoms with Crippen LogP contribution in [0.4, 0.5) is 0 Å². The van der Waals surface area contributed by atoms with Crippen molar-refractivity contribution in [1.82, 2.24) is 0 Å². The average molecular weight is 192 g/mol. The van der Waals surface area contributed by atoms with Gasteiger partial charge in [-0.2, -0.15) is 0 Å². The van der Waals surface area contributed by atoms with E-state index in [4.69, 9.17) is 20.4 Å². The van der Waals surface area contributed by atoms with Crippen molar-refractivity contribution in [3.8, 4) is 0 Å². The molecule has 0 aliphatic carbocycles. The highest BCUT2D eigenvalue weighted by Crippen LogP contribution is 2.00. The second-order valence-electron chi connectivity index (χ2n) is 2.24. The molecular weight excluding hydrogens is 184 g/mol. The van der Waals surface area contributed by atoms with Crippen LogP contribution in [0.3, 0.4) is 0 Å². The monoisotopic (exact) mass is 192 g/mol. The van der Waals surface area contributed by atoms with Crippen LogP contribution in [0.1, 0.15) is 0 Å². The summed E-state index contributed by atoms with van der Waals surface area (Å²) in [4.78, 5) is 30.2. The molecule has 0 fully saturated rings. The van der Waals surface area contributed by atoms with Crippen molar-refractivity contribution in [3.05, 3.63) is 0 Å². The third-order valence-electron chi connectivity index (χ3n) is 1.31. The molecule has 3 atom stereocenters. The molecule has 0 spiro atoms. The second-order valence-corrected chi connectivity index (χ2v) is 2.24. The molecule has 0 aromatic carbocycles. The summed E-state index contributed by atoms with van der Waals surface area (Å²) in [7, 11) is 0. The lowest BCUT2D eigenvalue weighted by molar-refractivity contribution is -0.161. The quantitative estimate of drug-likeness (QED) is 0.268. The number of aliphatic hydroxyl groups is 3. The van der Waals surface area contributed by atoms with Gasteiger partial charge >= 0.3 is 5.97 Å². The van der Waals surface area contributed by atoms with E-state index in [0.717, 1.165) is 0 Å². The molecule has 4 N–H and O–H groups in total. The Bertz CT molecular complexity index is 223. The van der Waals surface area contributed by atoms with Crippen LogP contribution < -0.4 is 0 Å². The van der Waals surface area contributed by atoms with E-state index in [0.29, 0.717) is 0 Å². The first-order chi connectivity index (χ1) is 5.91. The van der Waals surface area contributed by atoms with Gasteiger partial charge in [0.15, 0.2) is 12.4 Å². The van der Waals surface area contributed by atoms with Crippen LogP contribution in [0, 0.1) is 0 Å². The number of aliphatic hydroxyl groups excluding tert-OH is 3. The summed E-state index contributed by atoms with van der Waals surface area (Å²) >= 11 is 0. The van der Waals surface area contributed by atoms with Crippen molar-refractivity contribution in [2.24, 2.45) is 0 Å². The number of carboxylic acids is 1. The number of ketones is 1. The molecule has 0 aromatic heterocycles. The van der Waals surface area contributed by atoms with E-state index in [1.165, 1.54) is 0 Å². The van der Waals surface area contributed by atoms with Crippen LogP contribution in [-0.2, 0) is 14.4 Å². The Labute approximate surface area is 72.2 Å². The van der Waals surface area contributed by atoms with Crippen molar-refractivity contribution in [3.63, 3.8) is 0 Å². The Morgan fingerprint density at radius 3 is 1.85 bits per heavy atom. The molecule has 0 saturated carbocycles. The Balaban J connectivity index is 4.41. The molecule has 0 aromatic rings. The van der Waals surface area contributed by atoms with Gasteiger partial charge in [0.05, 0.1) is 0 Å². The highest BCUT2D eigenvalue weighted by atomic mass is 16.4. The summed E-state index contributed by atoms with van der Waals surface area (Å²) in [5.41, 5.74) is 0. The third kappa shape index (κ3) is 2.90. The van der Waals surface area contributed by atoms with Gasteiger partial charge in [0.1, 0.15) is 12.2 Å². The molecule has 74 valence electrons. The van der Waals surface area contributed by atoms with Crippen LogP contribution >= 0.6 is 0 Å². The number of aldehydes is 1. The fourth-order valence-corrected chi connectivity index (χ4v) is 0.557. The fraction of sp³-hybridized carbons (Fsp3) is 0.500. The lowest BCUT2D eigenvalue weighted by Crippen LogP contribution is -2.46. The van der Waals surface area contributed by atoms with Crippen molar-refractivity contribution >= 4 is 18.0 Å². The van der Waals surface area contributed by atoms with Gasteiger partial charge in [-0.3, -0.25) is 9.59 Å². The van der Waals surface area contributed by atoms with Gasteiger partial charge in [-0.15, -0.1) is 0 Å². The third-order valence-corrected chi connectivity index (χ3v) is 1.31. The van der Waals surface area contributed by atoms with Gasteiger partial charge < -0.3 is 20.4 Å². The lowest BCUT2D eigenvalue weighted by Gasteiger charge is -2.16. The van der Waals surface area contributed by atoms with E-state index in [1.807, 2.05) is 0 Å². The smallest absolute Gasteiger partial charge is 0.335 e. The highest BCUT2D eigenvalue weighted by molar-refractivity contribution is 6.27. The molecule has 0 aliphatic heterocycles. The minimum Gasteiger partial charge on any atom is -0.479 e. The molecule has 0 radical (unpaired) electrons. The number of carbonyl (C=O) groups excluding carboxylic acids is 2. The molecular formula is C6H8O7. The maximum atomic E-state index is 10.4. The Hall–Kier alpha value is -1.31. The van der Waals surface area contributed by atoms with Crippen LogP contribution in [0.15, 0.2) is 0 Å². The first kappa shape index (κ1) is 11.7. The zero-order valence-corrected chi connectivity index (χ0v) is 6.32. The van der Waals surface area contributed by atoms with Crippen molar-refractivity contribution in [2.75, 3.05) is 0 Å². The number of Topliss-reactive ketones (excluding diaryl/α,β-unsaturated/α-hetero) is 1. The zero-order valence-electron chi connectivity index (χ0n) is 6.32. The number of carboxylic acid groups (broad SMARTS) is 1. The van der Waals surface area contributed by atoms with Crippen molar-refractivity contribution in [1.29, 1.82) is 0 Å². The maximum absolute atomic E-state index is 10.4. The summed E-state index contributed by atoms with van der Waals surface area (Å²) in [6.07, 6.45) is -7.01. The van der Waals surface area contributed by atoms with E-state index >= 15 is 0 Å². The minimum absolute atomic E-state index is 0.275. The molecule has 0 bridgehead atoms. The van der Waals surface area contributed by atoms with Gasteiger partial charge in [-0.25, -0.2) is 4.79 Å². The second kappa shape index (κ2) is 4.65. The summed E-state index contributed by atoms with van der Waals surface area (Å²) in [6.45, 7) is 0. The van der Waals surface area contributed by atoms with Gasteiger partial charge in [0, 0.05) is 0 Å². The lowest BCUT2D eigenvalue weighted by atomic mass is 10.1. The van der Waals surface area contributed by atoms with Gasteiger partial charge in [0.2, 0.25) is 5.78 Å². The first-order valence-corrected chi connectivity index (χ1v) is 3.17. The number of hydrogen-bond acceptors (Lipinski definition) is 6. The van der Waals surface area contributed by atoms with Gasteiger partial charge in [-0.05, 0) is 0 Å². The summed E-state index contributed by atoms with van der Waals surface area (Å²) in [5, 5.41) is 34.3. The van der Waals surface area contributed by atoms with E-state index < -0.39 is 30.1 Å². The van der Waals surface area contributed by atoms with Crippen LogP contribution in [0.5, 0.6) is 0 Å². The molecule has 7 heteroatoms. The molecule has 13 heavy (non-hydrogen) atoms. The standard InChI is InChI=1S/C6H8O7/c7-1-2(8)3(9)4(10)5(11)6(12)13/h1,3-5,9-11H,(H,12,13)/t3-,4+,5+/m1/s1. The minimum atomic E-state index is -2.31. The SMILES string of the molecule is O=CC(=O)[C@@H](O)[C@H](O)[C@H](O)C(=O)O. The topological polar surface area (TPSA) is 132 Å². The van der Waals surface area contributed by atoms with Crippen molar-refractivity contribution < 1.29 is 34.8 Å². The van der Waals surface area contributed by atoms with Crippen LogP contribution in [-0.4, -0.2) is 56.8 Å². The van der Waals surface area contributed by atoms with E-state index in [2.05, 4.69) is 0 Å². The number of aliphatic carboxylic acids is 1. The zero-order chi connectivity index (χ0) is 10.6. The Morgan fingerprint density at radius 2 is 1.54 bits per heavy atom. The fourth-order valence-electron chi connectivity index (χ4n) is 0.557. The number of carbonyl (C=O) groups is 3. The molecule has 0 unspecified atom stereocenters.